The average Bonchev–Trinajstić information content (AvgIpc) is 2.93. The van der Waals surface area contributed by atoms with E-state index >= 15 is 0 Å². The van der Waals surface area contributed by atoms with E-state index in [4.69, 9.17) is 28.0 Å². The van der Waals surface area contributed by atoms with Crippen molar-refractivity contribution in [2.75, 3.05) is 0 Å². The third kappa shape index (κ3) is 2.18. The van der Waals surface area contributed by atoms with Crippen LogP contribution in [0.3, 0.4) is 0 Å². The molecular formula is C13H6Cl2N2O4. The molecule has 6 nitrogen and oxygen atoms in total. The largest absolute Gasteiger partial charge is 0.380 e. The van der Waals surface area contributed by atoms with Gasteiger partial charge in [0.25, 0.3) is 11.8 Å². The number of rotatable bonds is 2. The van der Waals surface area contributed by atoms with Gasteiger partial charge in [-0.05, 0) is 18.2 Å². The van der Waals surface area contributed by atoms with Gasteiger partial charge in [-0.25, -0.2) is 4.79 Å². The zero-order chi connectivity index (χ0) is 15.1. The van der Waals surface area contributed by atoms with Crippen LogP contribution in [0.15, 0.2) is 30.3 Å². The van der Waals surface area contributed by atoms with E-state index in [1.807, 2.05) is 0 Å². The van der Waals surface area contributed by atoms with Crippen molar-refractivity contribution >= 4 is 41.0 Å². The second-order valence-electron chi connectivity index (χ2n) is 4.17. The van der Waals surface area contributed by atoms with Crippen LogP contribution in [0.1, 0.15) is 31.2 Å². The highest BCUT2D eigenvalue weighted by molar-refractivity contribution is 6.41. The molecule has 3 rings (SSSR count). The Balaban J connectivity index is 1.85. The molecule has 0 radical (unpaired) electrons. The van der Waals surface area contributed by atoms with Gasteiger partial charge in [-0.3, -0.25) is 9.59 Å². The normalized spacial score (nSPS) is 13.5. The standard InChI is InChI=1S/C13H6Cl2N2O4/c14-8-5-9(16-10(8)15)13(20)21-17-11(18)6-3-1-2-4-7(6)12(17)19/h1-5,16H. The zero-order valence-electron chi connectivity index (χ0n) is 10.2. The van der Waals surface area contributed by atoms with E-state index in [1.54, 1.807) is 12.1 Å². The number of hydroxylamine groups is 2. The minimum atomic E-state index is -0.946. The van der Waals surface area contributed by atoms with Crippen molar-refractivity contribution in [2.24, 2.45) is 0 Å². The van der Waals surface area contributed by atoms with E-state index in [9.17, 15) is 14.4 Å². The highest BCUT2D eigenvalue weighted by Crippen LogP contribution is 2.25. The van der Waals surface area contributed by atoms with Gasteiger partial charge in [0, 0.05) is 0 Å². The molecule has 1 aromatic heterocycles. The minimum absolute atomic E-state index is 0.0611. The second-order valence-corrected chi connectivity index (χ2v) is 4.96. The van der Waals surface area contributed by atoms with Gasteiger partial charge in [0.1, 0.15) is 10.8 Å². The fourth-order valence-electron chi connectivity index (χ4n) is 1.90. The molecule has 106 valence electrons. The quantitative estimate of drug-likeness (QED) is 0.861. The molecule has 2 heterocycles. The second kappa shape index (κ2) is 4.91. The third-order valence-corrected chi connectivity index (χ3v) is 3.57. The molecule has 1 aliphatic heterocycles. The summed E-state index contributed by atoms with van der Waals surface area (Å²) in [5, 5.41) is 0.604. The summed E-state index contributed by atoms with van der Waals surface area (Å²) in [5.41, 5.74) is 0.289. The molecule has 21 heavy (non-hydrogen) atoms. The number of halogens is 2. The molecule has 0 saturated carbocycles. The van der Waals surface area contributed by atoms with Gasteiger partial charge >= 0.3 is 5.97 Å². The Labute approximate surface area is 128 Å². The first-order chi connectivity index (χ1) is 9.99. The highest BCUT2D eigenvalue weighted by atomic mass is 35.5. The molecule has 2 amide bonds. The third-order valence-electron chi connectivity index (χ3n) is 2.88. The number of amides is 2. The number of aromatic amines is 1. The van der Waals surface area contributed by atoms with Gasteiger partial charge in [-0.15, -0.1) is 0 Å². The molecular weight excluding hydrogens is 319 g/mol. The van der Waals surface area contributed by atoms with Crippen LogP contribution >= 0.6 is 23.2 Å². The van der Waals surface area contributed by atoms with Crippen LogP contribution in [0.2, 0.25) is 10.2 Å². The van der Waals surface area contributed by atoms with Gasteiger partial charge in [0.15, 0.2) is 0 Å². The molecule has 1 aromatic carbocycles. The average molecular weight is 325 g/mol. The van der Waals surface area contributed by atoms with E-state index in [-0.39, 0.29) is 27.0 Å². The molecule has 0 fully saturated rings. The van der Waals surface area contributed by atoms with Crippen molar-refractivity contribution in [1.82, 2.24) is 10.0 Å². The minimum Gasteiger partial charge on any atom is -0.339 e. The van der Waals surface area contributed by atoms with Crippen LogP contribution in [0.4, 0.5) is 0 Å². The predicted octanol–water partition coefficient (Wildman–Crippen LogP) is 2.69. The molecule has 0 atom stereocenters. The van der Waals surface area contributed by atoms with Gasteiger partial charge in [0.2, 0.25) is 0 Å². The highest BCUT2D eigenvalue weighted by Gasteiger charge is 2.39. The fourth-order valence-corrected chi connectivity index (χ4v) is 2.21. The van der Waals surface area contributed by atoms with Crippen molar-refractivity contribution in [1.29, 1.82) is 0 Å². The molecule has 1 aliphatic rings. The monoisotopic (exact) mass is 324 g/mol. The van der Waals surface area contributed by atoms with E-state index in [1.165, 1.54) is 18.2 Å². The first kappa shape index (κ1) is 13.7. The van der Waals surface area contributed by atoms with Crippen LogP contribution in [-0.2, 0) is 4.84 Å². The van der Waals surface area contributed by atoms with Crippen molar-refractivity contribution in [3.8, 4) is 0 Å². The zero-order valence-corrected chi connectivity index (χ0v) is 11.7. The SMILES string of the molecule is O=C(ON1C(=O)c2ccccc2C1=O)c1cc(Cl)c(Cl)[nH]1. The summed E-state index contributed by atoms with van der Waals surface area (Å²) < 4.78 is 0. The van der Waals surface area contributed by atoms with E-state index in [0.29, 0.717) is 5.06 Å². The molecule has 2 aromatic rings. The Morgan fingerprint density at radius 3 is 2.14 bits per heavy atom. The molecule has 0 saturated heterocycles. The summed E-state index contributed by atoms with van der Waals surface area (Å²) in [6.45, 7) is 0. The summed E-state index contributed by atoms with van der Waals surface area (Å²) in [6, 6.07) is 7.42. The molecule has 0 spiro atoms. The Bertz CT molecular complexity index is 730. The Morgan fingerprint density at radius 2 is 1.67 bits per heavy atom. The number of benzene rings is 1. The number of H-pyrrole nitrogens is 1. The molecule has 1 N–H and O–H groups in total. The lowest BCUT2D eigenvalue weighted by Gasteiger charge is -2.11. The molecule has 0 bridgehead atoms. The van der Waals surface area contributed by atoms with Crippen molar-refractivity contribution in [3.05, 3.63) is 57.3 Å². The van der Waals surface area contributed by atoms with E-state index in [0.717, 1.165) is 0 Å². The van der Waals surface area contributed by atoms with Gasteiger partial charge in [-0.1, -0.05) is 40.4 Å². The summed E-state index contributed by atoms with van der Waals surface area (Å²) in [4.78, 5) is 43.2. The maximum absolute atomic E-state index is 12.0. The predicted molar refractivity (Wildman–Crippen MR) is 73.2 cm³/mol. The number of carbonyl (C=O) groups is 3. The van der Waals surface area contributed by atoms with Crippen molar-refractivity contribution in [2.45, 2.75) is 0 Å². The number of nitrogens with zero attached hydrogens (tertiary/aromatic N) is 1. The van der Waals surface area contributed by atoms with E-state index in [2.05, 4.69) is 4.98 Å². The number of aromatic nitrogens is 1. The molecule has 0 aliphatic carbocycles. The Morgan fingerprint density at radius 1 is 1.10 bits per heavy atom. The fraction of sp³-hybridized carbons (Fsp3) is 0. The first-order valence-corrected chi connectivity index (χ1v) is 6.48. The number of nitrogens with one attached hydrogen (secondary N) is 1. The molecule has 0 unspecified atom stereocenters. The van der Waals surface area contributed by atoms with Gasteiger partial charge < -0.3 is 9.82 Å². The maximum Gasteiger partial charge on any atom is 0.380 e. The summed E-state index contributed by atoms with van der Waals surface area (Å²) in [6.07, 6.45) is 0. The number of carbonyl (C=O) groups excluding carboxylic acids is 3. The summed E-state index contributed by atoms with van der Waals surface area (Å²) in [5.74, 6) is -2.35. The number of fused-ring (bicyclic) bond motifs is 1. The van der Waals surface area contributed by atoms with Gasteiger partial charge in [0.05, 0.1) is 16.1 Å². The smallest absolute Gasteiger partial charge is 0.339 e. The van der Waals surface area contributed by atoms with Crippen LogP contribution in [-0.4, -0.2) is 27.8 Å². The van der Waals surface area contributed by atoms with Crippen molar-refractivity contribution in [3.63, 3.8) is 0 Å². The van der Waals surface area contributed by atoms with Crippen LogP contribution in [0.5, 0.6) is 0 Å². The Kier molecular flexibility index (Phi) is 3.19. The number of hydrogen-bond acceptors (Lipinski definition) is 4. The first-order valence-electron chi connectivity index (χ1n) is 5.73. The summed E-state index contributed by atoms with van der Waals surface area (Å²) >= 11 is 11.4. The van der Waals surface area contributed by atoms with Crippen molar-refractivity contribution < 1.29 is 19.2 Å². The lowest BCUT2D eigenvalue weighted by molar-refractivity contribution is -0.0588. The lowest BCUT2D eigenvalue weighted by Crippen LogP contribution is -2.32. The summed E-state index contributed by atoms with van der Waals surface area (Å²) in [7, 11) is 0. The maximum atomic E-state index is 12.0. The topological polar surface area (TPSA) is 79.5 Å². The number of imide groups is 1. The van der Waals surface area contributed by atoms with Crippen LogP contribution < -0.4 is 0 Å². The van der Waals surface area contributed by atoms with Crippen LogP contribution in [0, 0.1) is 0 Å². The lowest BCUT2D eigenvalue weighted by atomic mass is 10.1. The van der Waals surface area contributed by atoms with E-state index < -0.39 is 17.8 Å². The van der Waals surface area contributed by atoms with Crippen LogP contribution in [0.25, 0.3) is 0 Å². The Hall–Kier alpha value is -2.31. The number of hydrogen-bond donors (Lipinski definition) is 1. The molecule has 8 heteroatoms. The van der Waals surface area contributed by atoms with Gasteiger partial charge in [-0.2, -0.15) is 0 Å².